The van der Waals surface area contributed by atoms with Crippen LogP contribution in [-0.2, 0) is 4.79 Å². The minimum absolute atomic E-state index is 0.108. The lowest BCUT2D eigenvalue weighted by Gasteiger charge is -2.32. The van der Waals surface area contributed by atoms with E-state index in [-0.39, 0.29) is 5.54 Å². The number of amides is 1. The van der Waals surface area contributed by atoms with Gasteiger partial charge in [0, 0.05) is 12.1 Å². The van der Waals surface area contributed by atoms with Crippen LogP contribution in [0.25, 0.3) is 0 Å². The SMILES string of the molecule is CN(CCC(N)C(N)=O)C(C)(C)C. The van der Waals surface area contributed by atoms with Crippen molar-refractivity contribution in [3.8, 4) is 0 Å². The van der Waals surface area contributed by atoms with Gasteiger partial charge < -0.3 is 16.4 Å². The second-order valence-corrected chi connectivity index (χ2v) is 4.39. The van der Waals surface area contributed by atoms with Gasteiger partial charge in [-0.1, -0.05) is 0 Å². The molecule has 4 N–H and O–H groups in total. The van der Waals surface area contributed by atoms with Gasteiger partial charge in [-0.05, 0) is 34.2 Å². The first-order valence-corrected chi connectivity index (χ1v) is 4.51. The van der Waals surface area contributed by atoms with Gasteiger partial charge in [-0.2, -0.15) is 0 Å². The molecule has 0 saturated carbocycles. The average molecular weight is 187 g/mol. The second-order valence-electron chi connectivity index (χ2n) is 4.39. The third kappa shape index (κ3) is 4.85. The monoisotopic (exact) mass is 187 g/mol. The summed E-state index contributed by atoms with van der Waals surface area (Å²) < 4.78 is 0. The quantitative estimate of drug-likeness (QED) is 0.646. The molecule has 0 bridgehead atoms. The normalized spacial score (nSPS) is 14.6. The third-order valence-electron chi connectivity index (χ3n) is 2.29. The number of nitrogens with zero attached hydrogens (tertiary/aromatic N) is 1. The fraction of sp³-hybridized carbons (Fsp3) is 0.889. The molecule has 0 aromatic rings. The van der Waals surface area contributed by atoms with Gasteiger partial charge in [-0.25, -0.2) is 0 Å². The zero-order valence-corrected chi connectivity index (χ0v) is 9.00. The van der Waals surface area contributed by atoms with Crippen LogP contribution in [0.2, 0.25) is 0 Å². The Balaban J connectivity index is 3.83. The van der Waals surface area contributed by atoms with E-state index in [1.54, 1.807) is 0 Å². The Morgan fingerprint density at radius 3 is 2.23 bits per heavy atom. The Morgan fingerprint density at radius 2 is 1.92 bits per heavy atom. The molecule has 0 spiro atoms. The van der Waals surface area contributed by atoms with Crippen LogP contribution < -0.4 is 11.5 Å². The van der Waals surface area contributed by atoms with Gasteiger partial charge in [0.15, 0.2) is 0 Å². The standard InChI is InChI=1S/C9H21N3O/c1-9(2,3)12(4)6-5-7(10)8(11)13/h7H,5-6,10H2,1-4H3,(H2,11,13). The summed E-state index contributed by atoms with van der Waals surface area (Å²) in [5, 5.41) is 0. The van der Waals surface area contributed by atoms with E-state index in [1.165, 1.54) is 0 Å². The van der Waals surface area contributed by atoms with Crippen LogP contribution in [0, 0.1) is 0 Å². The fourth-order valence-corrected chi connectivity index (χ4v) is 0.810. The minimum atomic E-state index is -0.523. The van der Waals surface area contributed by atoms with Crippen molar-refractivity contribution in [1.82, 2.24) is 4.90 Å². The van der Waals surface area contributed by atoms with Crippen molar-refractivity contribution in [2.24, 2.45) is 11.5 Å². The van der Waals surface area contributed by atoms with E-state index in [0.717, 1.165) is 6.54 Å². The Labute approximate surface area is 80.3 Å². The topological polar surface area (TPSA) is 72.3 Å². The van der Waals surface area contributed by atoms with Gasteiger partial charge in [-0.3, -0.25) is 4.79 Å². The molecular formula is C9H21N3O. The molecule has 0 radical (unpaired) electrons. The molecule has 0 rings (SSSR count). The summed E-state index contributed by atoms with van der Waals surface area (Å²) in [5.74, 6) is -0.428. The highest BCUT2D eigenvalue weighted by molar-refractivity contribution is 5.79. The molecule has 1 atom stereocenters. The molecule has 0 aromatic heterocycles. The first-order valence-electron chi connectivity index (χ1n) is 4.51. The fourth-order valence-electron chi connectivity index (χ4n) is 0.810. The van der Waals surface area contributed by atoms with E-state index in [4.69, 9.17) is 11.5 Å². The van der Waals surface area contributed by atoms with Crippen molar-refractivity contribution < 1.29 is 4.79 Å². The van der Waals surface area contributed by atoms with Crippen LogP contribution in [0.4, 0.5) is 0 Å². The van der Waals surface area contributed by atoms with Crippen molar-refractivity contribution >= 4 is 5.91 Å². The van der Waals surface area contributed by atoms with Gasteiger partial charge in [0.05, 0.1) is 6.04 Å². The third-order valence-corrected chi connectivity index (χ3v) is 2.29. The van der Waals surface area contributed by atoms with Gasteiger partial charge in [0.25, 0.3) is 0 Å². The minimum Gasteiger partial charge on any atom is -0.368 e. The Hall–Kier alpha value is -0.610. The summed E-state index contributed by atoms with van der Waals surface area (Å²) in [6, 6.07) is -0.523. The van der Waals surface area contributed by atoms with Crippen molar-refractivity contribution in [3.63, 3.8) is 0 Å². The first kappa shape index (κ1) is 12.4. The zero-order valence-electron chi connectivity index (χ0n) is 9.00. The van der Waals surface area contributed by atoms with Gasteiger partial charge in [-0.15, -0.1) is 0 Å². The molecule has 0 heterocycles. The molecule has 0 aromatic carbocycles. The maximum atomic E-state index is 10.6. The molecule has 0 aliphatic heterocycles. The smallest absolute Gasteiger partial charge is 0.234 e. The number of nitrogens with two attached hydrogens (primary N) is 2. The summed E-state index contributed by atoms with van der Waals surface area (Å²) in [5.41, 5.74) is 10.7. The summed E-state index contributed by atoms with van der Waals surface area (Å²) in [4.78, 5) is 12.8. The summed E-state index contributed by atoms with van der Waals surface area (Å²) in [7, 11) is 2.01. The molecule has 1 unspecified atom stereocenters. The first-order chi connectivity index (χ1) is 5.75. The summed E-state index contributed by atoms with van der Waals surface area (Å²) in [6.45, 7) is 7.13. The number of carbonyl (C=O) groups excluding carboxylic acids is 1. The maximum Gasteiger partial charge on any atom is 0.234 e. The molecule has 13 heavy (non-hydrogen) atoms. The maximum absolute atomic E-state index is 10.6. The Morgan fingerprint density at radius 1 is 1.46 bits per heavy atom. The lowest BCUT2D eigenvalue weighted by molar-refractivity contribution is -0.119. The van der Waals surface area contributed by atoms with Crippen LogP contribution in [-0.4, -0.2) is 36.0 Å². The van der Waals surface area contributed by atoms with E-state index in [1.807, 2.05) is 7.05 Å². The molecule has 0 aliphatic carbocycles. The van der Waals surface area contributed by atoms with Gasteiger partial charge in [0.2, 0.25) is 5.91 Å². The molecule has 1 amide bonds. The lowest BCUT2D eigenvalue weighted by Crippen LogP contribution is -2.43. The van der Waals surface area contributed by atoms with Crippen LogP contribution in [0.3, 0.4) is 0 Å². The molecule has 0 aliphatic rings. The number of hydrogen-bond acceptors (Lipinski definition) is 3. The van der Waals surface area contributed by atoms with E-state index >= 15 is 0 Å². The Kier molecular flexibility index (Phi) is 4.36. The van der Waals surface area contributed by atoms with Crippen molar-refractivity contribution in [3.05, 3.63) is 0 Å². The molecule has 0 fully saturated rings. The van der Waals surface area contributed by atoms with Gasteiger partial charge in [0.1, 0.15) is 0 Å². The number of carbonyl (C=O) groups is 1. The lowest BCUT2D eigenvalue weighted by atomic mass is 10.1. The van der Waals surface area contributed by atoms with E-state index in [0.29, 0.717) is 6.42 Å². The molecule has 0 saturated heterocycles. The predicted molar refractivity (Wildman–Crippen MR) is 54.2 cm³/mol. The van der Waals surface area contributed by atoms with Crippen LogP contribution in [0.1, 0.15) is 27.2 Å². The summed E-state index contributed by atoms with van der Waals surface area (Å²) >= 11 is 0. The van der Waals surface area contributed by atoms with Crippen LogP contribution >= 0.6 is 0 Å². The largest absolute Gasteiger partial charge is 0.368 e. The average Bonchev–Trinajstić information content (AvgIpc) is 1.97. The molecule has 4 heteroatoms. The second kappa shape index (κ2) is 4.58. The predicted octanol–water partition coefficient (Wildman–Crippen LogP) is -0.0806. The van der Waals surface area contributed by atoms with E-state index in [2.05, 4.69) is 25.7 Å². The van der Waals surface area contributed by atoms with E-state index < -0.39 is 11.9 Å². The van der Waals surface area contributed by atoms with Crippen LogP contribution in [0.15, 0.2) is 0 Å². The van der Waals surface area contributed by atoms with Crippen LogP contribution in [0.5, 0.6) is 0 Å². The van der Waals surface area contributed by atoms with Gasteiger partial charge >= 0.3 is 0 Å². The zero-order chi connectivity index (χ0) is 10.6. The highest BCUT2D eigenvalue weighted by Crippen LogP contribution is 2.10. The molecule has 78 valence electrons. The Bertz CT molecular complexity index is 174. The number of hydrogen-bond donors (Lipinski definition) is 2. The number of primary amides is 1. The van der Waals surface area contributed by atoms with E-state index in [9.17, 15) is 4.79 Å². The highest BCUT2D eigenvalue weighted by atomic mass is 16.1. The molecule has 4 nitrogen and oxygen atoms in total. The van der Waals surface area contributed by atoms with Crippen molar-refractivity contribution in [2.45, 2.75) is 38.8 Å². The number of rotatable bonds is 4. The molecular weight excluding hydrogens is 166 g/mol. The van der Waals surface area contributed by atoms with Crippen molar-refractivity contribution in [2.75, 3.05) is 13.6 Å². The summed E-state index contributed by atoms with van der Waals surface area (Å²) in [6.07, 6.45) is 0.614. The van der Waals surface area contributed by atoms with Crippen molar-refractivity contribution in [1.29, 1.82) is 0 Å². The highest BCUT2D eigenvalue weighted by Gasteiger charge is 2.18.